The van der Waals surface area contributed by atoms with Crippen LogP contribution < -0.4 is 29.0 Å². The molecule has 0 atom stereocenters. The van der Waals surface area contributed by atoms with Crippen molar-refractivity contribution in [1.82, 2.24) is 0 Å². The molecule has 0 N–H and O–H groups in total. The van der Waals surface area contributed by atoms with Gasteiger partial charge in [-0.2, -0.15) is 0 Å². The number of ether oxygens (including phenoxy) is 5. The van der Waals surface area contributed by atoms with E-state index in [0.29, 0.717) is 51.1 Å². The number of benzene rings is 3. The van der Waals surface area contributed by atoms with Crippen LogP contribution in [0.2, 0.25) is 0 Å². The topological polar surface area (TPSA) is 71.7 Å². The van der Waals surface area contributed by atoms with E-state index in [0.717, 1.165) is 10.9 Å². The minimum absolute atomic E-state index is 0.596. The third-order valence-electron chi connectivity index (χ3n) is 5.25. The quantitative estimate of drug-likeness (QED) is 0.379. The summed E-state index contributed by atoms with van der Waals surface area (Å²) >= 11 is 0. The Labute approximate surface area is 191 Å². The first-order chi connectivity index (χ1) is 16.1. The first kappa shape index (κ1) is 22.1. The van der Waals surface area contributed by atoms with Gasteiger partial charge in [-0.1, -0.05) is 0 Å². The molecule has 0 bridgehead atoms. The van der Waals surface area contributed by atoms with Gasteiger partial charge < -0.3 is 28.1 Å². The van der Waals surface area contributed by atoms with Gasteiger partial charge in [0.05, 0.1) is 40.9 Å². The Balaban J connectivity index is 1.98. The fourth-order valence-electron chi connectivity index (χ4n) is 3.51. The number of hydrogen-bond acceptors (Lipinski definition) is 7. The lowest BCUT2D eigenvalue weighted by molar-refractivity contribution is 0.355. The SMILES string of the molecule is COc1ccc(N=c2cc(-c3ccc(OC)c(OC)c3)oc3ccc(OC)cc23)c(OC)c1. The molecular formula is C26H25NO6. The molecule has 3 aromatic carbocycles. The van der Waals surface area contributed by atoms with E-state index in [1.165, 1.54) is 0 Å². The van der Waals surface area contributed by atoms with Crippen molar-refractivity contribution in [2.45, 2.75) is 0 Å². The van der Waals surface area contributed by atoms with Gasteiger partial charge in [0.15, 0.2) is 11.5 Å². The zero-order valence-electron chi connectivity index (χ0n) is 19.2. The Kier molecular flexibility index (Phi) is 6.40. The van der Waals surface area contributed by atoms with Crippen molar-refractivity contribution >= 4 is 16.7 Å². The van der Waals surface area contributed by atoms with Crippen LogP contribution in [0.25, 0.3) is 22.3 Å². The highest BCUT2D eigenvalue weighted by atomic mass is 16.5. The van der Waals surface area contributed by atoms with E-state index in [1.807, 2.05) is 54.6 Å². The molecule has 1 heterocycles. The summed E-state index contributed by atoms with van der Waals surface area (Å²) in [7, 11) is 8.04. The highest BCUT2D eigenvalue weighted by Gasteiger charge is 2.12. The summed E-state index contributed by atoms with van der Waals surface area (Å²) in [5.41, 5.74) is 2.14. The molecule has 0 amide bonds. The Morgan fingerprint density at radius 3 is 2.00 bits per heavy atom. The van der Waals surface area contributed by atoms with Crippen LogP contribution in [0.4, 0.5) is 5.69 Å². The fourth-order valence-corrected chi connectivity index (χ4v) is 3.51. The smallest absolute Gasteiger partial charge is 0.161 e. The summed E-state index contributed by atoms with van der Waals surface area (Å²) in [6.45, 7) is 0. The van der Waals surface area contributed by atoms with E-state index in [2.05, 4.69) is 0 Å². The monoisotopic (exact) mass is 447 g/mol. The molecule has 1 aromatic heterocycles. The Morgan fingerprint density at radius 2 is 1.30 bits per heavy atom. The van der Waals surface area contributed by atoms with Crippen LogP contribution >= 0.6 is 0 Å². The van der Waals surface area contributed by atoms with Gasteiger partial charge in [-0.15, -0.1) is 0 Å². The van der Waals surface area contributed by atoms with Crippen molar-refractivity contribution in [3.63, 3.8) is 0 Å². The summed E-state index contributed by atoms with van der Waals surface area (Å²) in [6.07, 6.45) is 0. The highest BCUT2D eigenvalue weighted by molar-refractivity contribution is 5.80. The summed E-state index contributed by atoms with van der Waals surface area (Å²) in [4.78, 5) is 4.90. The van der Waals surface area contributed by atoms with Crippen LogP contribution in [0.15, 0.2) is 70.1 Å². The van der Waals surface area contributed by atoms with Crippen molar-refractivity contribution in [2.24, 2.45) is 4.99 Å². The Bertz CT molecular complexity index is 1360. The number of fused-ring (bicyclic) bond motifs is 1. The normalized spacial score (nSPS) is 11.4. The summed E-state index contributed by atoms with van der Waals surface area (Å²) in [5.74, 6) is 3.86. The molecule has 0 aliphatic heterocycles. The first-order valence-electron chi connectivity index (χ1n) is 10.2. The molecule has 0 aliphatic rings. The van der Waals surface area contributed by atoms with Crippen LogP contribution in [0.1, 0.15) is 0 Å². The largest absolute Gasteiger partial charge is 0.497 e. The fraction of sp³-hybridized carbons (Fsp3) is 0.192. The summed E-state index contributed by atoms with van der Waals surface area (Å²) in [5, 5.41) is 1.50. The van der Waals surface area contributed by atoms with Crippen molar-refractivity contribution in [2.75, 3.05) is 35.5 Å². The van der Waals surface area contributed by atoms with Gasteiger partial charge in [0, 0.05) is 23.1 Å². The van der Waals surface area contributed by atoms with Gasteiger partial charge in [0.1, 0.15) is 34.3 Å². The molecule has 0 radical (unpaired) electrons. The molecule has 4 rings (SSSR count). The molecule has 0 unspecified atom stereocenters. The van der Waals surface area contributed by atoms with Crippen LogP contribution in [0.3, 0.4) is 0 Å². The maximum atomic E-state index is 6.23. The molecule has 0 spiro atoms. The predicted molar refractivity (Wildman–Crippen MR) is 126 cm³/mol. The number of methoxy groups -OCH3 is 5. The maximum Gasteiger partial charge on any atom is 0.161 e. The second kappa shape index (κ2) is 9.56. The van der Waals surface area contributed by atoms with Crippen LogP contribution in [0, 0.1) is 0 Å². The van der Waals surface area contributed by atoms with Crippen molar-refractivity contribution < 1.29 is 28.1 Å². The molecule has 0 aliphatic carbocycles. The van der Waals surface area contributed by atoms with Crippen molar-refractivity contribution in [1.29, 1.82) is 0 Å². The second-order valence-electron chi connectivity index (χ2n) is 7.08. The molecule has 0 saturated heterocycles. The average molecular weight is 447 g/mol. The maximum absolute atomic E-state index is 6.23. The molecule has 33 heavy (non-hydrogen) atoms. The minimum Gasteiger partial charge on any atom is -0.497 e. The third-order valence-corrected chi connectivity index (χ3v) is 5.25. The lowest BCUT2D eigenvalue weighted by Crippen LogP contribution is -2.04. The second-order valence-corrected chi connectivity index (χ2v) is 7.08. The molecule has 7 nitrogen and oxygen atoms in total. The Morgan fingerprint density at radius 1 is 0.606 bits per heavy atom. The van der Waals surface area contributed by atoms with E-state index in [9.17, 15) is 0 Å². The average Bonchev–Trinajstić information content (AvgIpc) is 2.87. The number of nitrogens with zero attached hydrogens (tertiary/aromatic N) is 1. The minimum atomic E-state index is 0.596. The lowest BCUT2D eigenvalue weighted by atomic mass is 10.1. The highest BCUT2D eigenvalue weighted by Crippen LogP contribution is 2.34. The van der Waals surface area contributed by atoms with E-state index >= 15 is 0 Å². The predicted octanol–water partition coefficient (Wildman–Crippen LogP) is 5.38. The van der Waals surface area contributed by atoms with Gasteiger partial charge in [-0.3, -0.25) is 0 Å². The van der Waals surface area contributed by atoms with E-state index < -0.39 is 0 Å². The van der Waals surface area contributed by atoms with E-state index in [4.69, 9.17) is 33.1 Å². The number of hydrogen-bond donors (Lipinski definition) is 0. The summed E-state index contributed by atoms with van der Waals surface area (Å²) < 4.78 is 33.3. The van der Waals surface area contributed by atoms with E-state index in [-0.39, 0.29) is 0 Å². The van der Waals surface area contributed by atoms with Gasteiger partial charge in [-0.25, -0.2) is 4.99 Å². The molecule has 0 saturated carbocycles. The lowest BCUT2D eigenvalue weighted by Gasteiger charge is -2.11. The van der Waals surface area contributed by atoms with Crippen LogP contribution in [0.5, 0.6) is 28.7 Å². The van der Waals surface area contributed by atoms with Gasteiger partial charge in [-0.05, 0) is 48.5 Å². The zero-order valence-corrected chi connectivity index (χ0v) is 19.2. The van der Waals surface area contributed by atoms with E-state index in [1.54, 1.807) is 41.6 Å². The zero-order chi connectivity index (χ0) is 23.4. The molecule has 0 fully saturated rings. The van der Waals surface area contributed by atoms with Crippen LogP contribution in [-0.2, 0) is 0 Å². The first-order valence-corrected chi connectivity index (χ1v) is 10.2. The summed E-state index contributed by atoms with van der Waals surface area (Å²) in [6, 6.07) is 18.6. The molecule has 7 heteroatoms. The molecular weight excluding hydrogens is 422 g/mol. The van der Waals surface area contributed by atoms with Crippen molar-refractivity contribution in [3.8, 4) is 40.1 Å². The van der Waals surface area contributed by atoms with Gasteiger partial charge in [0.2, 0.25) is 0 Å². The number of rotatable bonds is 7. The molecule has 170 valence electrons. The van der Waals surface area contributed by atoms with Crippen molar-refractivity contribution in [3.05, 3.63) is 66.0 Å². The Hall–Kier alpha value is -4.13. The van der Waals surface area contributed by atoms with Gasteiger partial charge >= 0.3 is 0 Å². The van der Waals surface area contributed by atoms with Gasteiger partial charge in [0.25, 0.3) is 0 Å². The molecule has 4 aromatic rings. The van der Waals surface area contributed by atoms with Crippen LogP contribution in [-0.4, -0.2) is 35.5 Å². The third kappa shape index (κ3) is 4.43. The standard InChI is InChI=1S/C26H25NO6/c1-28-17-8-11-22-19(13-17)21(27-20-9-7-18(29-2)14-25(20)31-4)15-24(33-22)16-6-10-23(30-3)26(12-16)32-5/h6-15H,1-5H3.